The van der Waals surface area contributed by atoms with Gasteiger partial charge < -0.3 is 5.32 Å². The van der Waals surface area contributed by atoms with Crippen molar-refractivity contribution < 1.29 is 0 Å². The van der Waals surface area contributed by atoms with Crippen LogP contribution in [0.3, 0.4) is 0 Å². The van der Waals surface area contributed by atoms with Crippen LogP contribution in [0.5, 0.6) is 0 Å². The lowest BCUT2D eigenvalue weighted by molar-refractivity contribution is 0.662. The first-order chi connectivity index (χ1) is 7.29. The summed E-state index contributed by atoms with van der Waals surface area (Å²) in [5, 5.41) is 7.44. The highest BCUT2D eigenvalue weighted by molar-refractivity contribution is 14.1. The monoisotopic (exact) mass is 315 g/mol. The number of aromatic nitrogens is 4. The zero-order chi connectivity index (χ0) is 10.7. The Morgan fingerprint density at radius 3 is 3.07 bits per heavy atom. The Kier molecular flexibility index (Phi) is 3.14. The average molecular weight is 315 g/mol. The number of nitrogens with zero attached hydrogens (tertiary/aromatic N) is 4. The second kappa shape index (κ2) is 4.56. The summed E-state index contributed by atoms with van der Waals surface area (Å²) in [6.07, 6.45) is 5.20. The smallest absolute Gasteiger partial charge is 0.153 e. The standard InChI is InChI=1S/C9H10IN5/c1-2-15-4-3-8(14-15)13-9-7(10)5-11-6-12-9/h3-6H,2H2,1H3,(H,11,12,13,14). The van der Waals surface area contributed by atoms with Crippen LogP contribution in [-0.4, -0.2) is 19.7 Å². The van der Waals surface area contributed by atoms with Crippen LogP contribution < -0.4 is 5.32 Å². The largest absolute Gasteiger partial charge is 0.322 e. The SMILES string of the molecule is CCn1ccc(Nc2ncncc2I)n1. The number of anilines is 2. The molecular weight excluding hydrogens is 305 g/mol. The lowest BCUT2D eigenvalue weighted by Crippen LogP contribution is -1.99. The molecule has 0 fully saturated rings. The van der Waals surface area contributed by atoms with Gasteiger partial charge in [0, 0.05) is 25.0 Å². The summed E-state index contributed by atoms with van der Waals surface area (Å²) in [6.45, 7) is 2.91. The van der Waals surface area contributed by atoms with Gasteiger partial charge in [0.1, 0.15) is 12.1 Å². The third-order valence-electron chi connectivity index (χ3n) is 1.88. The van der Waals surface area contributed by atoms with E-state index in [1.807, 2.05) is 23.9 Å². The second-order valence-electron chi connectivity index (χ2n) is 2.90. The maximum Gasteiger partial charge on any atom is 0.153 e. The third kappa shape index (κ3) is 2.44. The maximum atomic E-state index is 4.31. The molecule has 0 aliphatic heterocycles. The first-order valence-corrected chi connectivity index (χ1v) is 5.63. The number of rotatable bonds is 3. The van der Waals surface area contributed by atoms with Gasteiger partial charge in [-0.3, -0.25) is 4.68 Å². The molecule has 0 saturated heterocycles. The minimum atomic E-state index is 0.784. The van der Waals surface area contributed by atoms with Crippen molar-refractivity contribution >= 4 is 34.2 Å². The van der Waals surface area contributed by atoms with Crippen molar-refractivity contribution in [2.24, 2.45) is 0 Å². The Morgan fingerprint density at radius 1 is 1.53 bits per heavy atom. The Morgan fingerprint density at radius 2 is 2.40 bits per heavy atom. The average Bonchev–Trinajstić information content (AvgIpc) is 2.69. The first-order valence-electron chi connectivity index (χ1n) is 4.55. The van der Waals surface area contributed by atoms with Gasteiger partial charge in [0.25, 0.3) is 0 Å². The van der Waals surface area contributed by atoms with Crippen molar-refractivity contribution in [1.29, 1.82) is 0 Å². The van der Waals surface area contributed by atoms with Gasteiger partial charge in [0.15, 0.2) is 5.82 Å². The van der Waals surface area contributed by atoms with Crippen LogP contribution in [-0.2, 0) is 6.54 Å². The summed E-state index contributed by atoms with van der Waals surface area (Å²) < 4.78 is 2.83. The van der Waals surface area contributed by atoms with E-state index in [2.05, 4.69) is 43.0 Å². The van der Waals surface area contributed by atoms with Crippen molar-refractivity contribution in [3.05, 3.63) is 28.4 Å². The molecule has 2 aromatic heterocycles. The summed E-state index contributed by atoms with van der Waals surface area (Å²) in [5.74, 6) is 1.58. The molecule has 5 nitrogen and oxygen atoms in total. The van der Waals surface area contributed by atoms with Gasteiger partial charge in [-0.25, -0.2) is 9.97 Å². The maximum absolute atomic E-state index is 4.31. The summed E-state index contributed by atoms with van der Waals surface area (Å²) in [5.41, 5.74) is 0. The van der Waals surface area contributed by atoms with Gasteiger partial charge in [-0.1, -0.05) is 0 Å². The minimum Gasteiger partial charge on any atom is -0.322 e. The van der Waals surface area contributed by atoms with Crippen molar-refractivity contribution in [3.8, 4) is 0 Å². The van der Waals surface area contributed by atoms with Crippen LogP contribution in [0.25, 0.3) is 0 Å². The van der Waals surface area contributed by atoms with Gasteiger partial charge >= 0.3 is 0 Å². The van der Waals surface area contributed by atoms with Gasteiger partial charge in [-0.05, 0) is 29.5 Å². The van der Waals surface area contributed by atoms with Crippen molar-refractivity contribution in [1.82, 2.24) is 19.7 Å². The lowest BCUT2D eigenvalue weighted by Gasteiger charge is -2.02. The summed E-state index contributed by atoms with van der Waals surface area (Å²) in [4.78, 5) is 8.05. The number of hydrogen-bond donors (Lipinski definition) is 1. The van der Waals surface area contributed by atoms with E-state index < -0.39 is 0 Å². The molecule has 0 amide bonds. The molecular formula is C9H10IN5. The fourth-order valence-corrected chi connectivity index (χ4v) is 1.57. The quantitative estimate of drug-likeness (QED) is 0.881. The molecule has 0 unspecified atom stereocenters. The van der Waals surface area contributed by atoms with E-state index in [1.165, 1.54) is 6.33 Å². The molecule has 0 saturated carbocycles. The first kappa shape index (κ1) is 10.3. The molecule has 6 heteroatoms. The molecule has 2 aromatic rings. The van der Waals surface area contributed by atoms with E-state index in [9.17, 15) is 0 Å². The predicted octanol–water partition coefficient (Wildman–Crippen LogP) is 2.04. The van der Waals surface area contributed by atoms with Crippen LogP contribution in [0.2, 0.25) is 0 Å². The second-order valence-corrected chi connectivity index (χ2v) is 4.06. The molecule has 2 rings (SSSR count). The lowest BCUT2D eigenvalue weighted by atomic mass is 10.5. The van der Waals surface area contributed by atoms with Crippen molar-refractivity contribution in [2.75, 3.05) is 5.32 Å². The molecule has 1 N–H and O–H groups in total. The van der Waals surface area contributed by atoms with E-state index in [-0.39, 0.29) is 0 Å². The normalized spacial score (nSPS) is 10.3. The molecule has 0 radical (unpaired) electrons. The summed E-state index contributed by atoms with van der Waals surface area (Å²) in [7, 11) is 0. The fraction of sp³-hybridized carbons (Fsp3) is 0.222. The molecule has 2 heterocycles. The van der Waals surface area contributed by atoms with Crippen LogP contribution in [0.15, 0.2) is 24.8 Å². The van der Waals surface area contributed by atoms with Gasteiger partial charge in [0.2, 0.25) is 0 Å². The Balaban J connectivity index is 2.18. The molecule has 0 aliphatic rings. The molecule has 0 atom stereocenters. The number of nitrogens with one attached hydrogen (secondary N) is 1. The molecule has 78 valence electrons. The highest BCUT2D eigenvalue weighted by Crippen LogP contribution is 2.17. The van der Waals surface area contributed by atoms with Crippen LogP contribution in [0, 0.1) is 3.57 Å². The van der Waals surface area contributed by atoms with Crippen LogP contribution >= 0.6 is 22.6 Å². The molecule has 0 aromatic carbocycles. The minimum absolute atomic E-state index is 0.784. The highest BCUT2D eigenvalue weighted by atomic mass is 127. The highest BCUT2D eigenvalue weighted by Gasteiger charge is 2.02. The van der Waals surface area contributed by atoms with E-state index in [0.29, 0.717) is 0 Å². The third-order valence-corrected chi connectivity index (χ3v) is 2.67. The van der Waals surface area contributed by atoms with Crippen LogP contribution in [0.4, 0.5) is 11.6 Å². The van der Waals surface area contributed by atoms with E-state index in [1.54, 1.807) is 6.20 Å². The molecule has 15 heavy (non-hydrogen) atoms. The van der Waals surface area contributed by atoms with Crippen LogP contribution in [0.1, 0.15) is 6.92 Å². The molecule has 0 spiro atoms. The fourth-order valence-electron chi connectivity index (χ4n) is 1.13. The van der Waals surface area contributed by atoms with E-state index >= 15 is 0 Å². The molecule has 0 bridgehead atoms. The van der Waals surface area contributed by atoms with Gasteiger partial charge in [0.05, 0.1) is 3.57 Å². The predicted molar refractivity (Wildman–Crippen MR) is 65.9 cm³/mol. The van der Waals surface area contributed by atoms with Gasteiger partial charge in [-0.15, -0.1) is 0 Å². The molecule has 0 aliphatic carbocycles. The summed E-state index contributed by atoms with van der Waals surface area (Å²) in [6, 6.07) is 1.92. The van der Waals surface area contributed by atoms with E-state index in [0.717, 1.165) is 21.8 Å². The summed E-state index contributed by atoms with van der Waals surface area (Å²) >= 11 is 2.18. The Bertz CT molecular complexity index is 453. The van der Waals surface area contributed by atoms with Gasteiger partial charge in [-0.2, -0.15) is 5.10 Å². The Hall–Kier alpha value is -1.18. The van der Waals surface area contributed by atoms with E-state index in [4.69, 9.17) is 0 Å². The zero-order valence-corrected chi connectivity index (χ0v) is 10.3. The number of aryl methyl sites for hydroxylation is 1. The van der Waals surface area contributed by atoms with Crippen molar-refractivity contribution in [2.45, 2.75) is 13.5 Å². The van der Waals surface area contributed by atoms with Crippen molar-refractivity contribution in [3.63, 3.8) is 0 Å². The zero-order valence-electron chi connectivity index (χ0n) is 8.18. The number of halogens is 1. The number of hydrogen-bond acceptors (Lipinski definition) is 4. The topological polar surface area (TPSA) is 55.6 Å². The Labute approximate surface area is 101 Å².